The van der Waals surface area contributed by atoms with Crippen LogP contribution in [0.3, 0.4) is 0 Å². The normalized spacial score (nSPS) is 19.7. The predicted molar refractivity (Wildman–Crippen MR) is 84.3 cm³/mol. The summed E-state index contributed by atoms with van der Waals surface area (Å²) in [6, 6.07) is 4.82. The van der Waals surface area contributed by atoms with Gasteiger partial charge in [0.15, 0.2) is 0 Å². The Balaban J connectivity index is 2.09. The van der Waals surface area contributed by atoms with Gasteiger partial charge < -0.3 is 10.0 Å². The molecule has 134 valence electrons. The van der Waals surface area contributed by atoms with Gasteiger partial charge in [-0.05, 0) is 31.0 Å². The molecule has 1 N–H and O–H groups in total. The summed E-state index contributed by atoms with van der Waals surface area (Å²) in [7, 11) is 0. The first-order chi connectivity index (χ1) is 11.1. The second-order valence-corrected chi connectivity index (χ2v) is 6.49. The molecule has 1 aromatic carbocycles. The van der Waals surface area contributed by atoms with Crippen molar-refractivity contribution in [2.24, 2.45) is 0 Å². The number of halogens is 3. The van der Waals surface area contributed by atoms with E-state index in [4.69, 9.17) is 0 Å². The largest absolute Gasteiger partial charge is 0.416 e. The number of hydrogen-bond donors (Lipinski definition) is 1. The van der Waals surface area contributed by atoms with Crippen molar-refractivity contribution in [3.05, 3.63) is 35.4 Å². The lowest BCUT2D eigenvalue weighted by Gasteiger charge is -2.31. The summed E-state index contributed by atoms with van der Waals surface area (Å²) in [5.41, 5.74) is -1.92. The van der Waals surface area contributed by atoms with E-state index in [9.17, 15) is 23.1 Å². The van der Waals surface area contributed by atoms with E-state index in [1.54, 1.807) is 4.90 Å². The molecule has 0 aliphatic carbocycles. The van der Waals surface area contributed by atoms with Crippen molar-refractivity contribution in [3.63, 3.8) is 0 Å². The first kappa shape index (κ1) is 18.7. The van der Waals surface area contributed by atoms with Crippen LogP contribution < -0.4 is 0 Å². The van der Waals surface area contributed by atoms with E-state index in [1.807, 2.05) is 4.90 Å². The van der Waals surface area contributed by atoms with Crippen molar-refractivity contribution in [1.82, 2.24) is 9.80 Å². The molecule has 1 saturated heterocycles. The Hall–Kier alpha value is -1.60. The standard InChI is InChI=1S/C17H23F3N2O2/c1-13(23)22-8-4-7-21(9-10-22)12-16(2,24)14-5-3-6-15(11-14)17(18,19)20/h3,5-6,11,24H,4,7-10,12H2,1-2H3/t16-/m0/s1. The molecular weight excluding hydrogens is 321 g/mol. The molecule has 4 nitrogen and oxygen atoms in total. The van der Waals surface area contributed by atoms with Gasteiger partial charge in [-0.25, -0.2) is 0 Å². The highest BCUT2D eigenvalue weighted by Gasteiger charge is 2.33. The zero-order valence-electron chi connectivity index (χ0n) is 13.9. The predicted octanol–water partition coefficient (Wildman–Crippen LogP) is 2.47. The van der Waals surface area contributed by atoms with E-state index in [-0.39, 0.29) is 18.0 Å². The van der Waals surface area contributed by atoms with Gasteiger partial charge in [0.1, 0.15) is 0 Å². The Morgan fingerprint density at radius 3 is 2.46 bits per heavy atom. The van der Waals surface area contributed by atoms with Crippen molar-refractivity contribution in [1.29, 1.82) is 0 Å². The molecular formula is C17H23F3N2O2. The molecule has 0 spiro atoms. The molecule has 7 heteroatoms. The van der Waals surface area contributed by atoms with E-state index >= 15 is 0 Å². The van der Waals surface area contributed by atoms with Crippen LogP contribution in [0.4, 0.5) is 13.2 Å². The molecule has 0 saturated carbocycles. The quantitative estimate of drug-likeness (QED) is 0.916. The van der Waals surface area contributed by atoms with Crippen LogP contribution in [-0.4, -0.2) is 53.5 Å². The number of β-amino-alcohol motifs (C(OH)–C–C–N with tert-alkyl or cyclic N) is 1. The van der Waals surface area contributed by atoms with Crippen LogP contribution in [0.1, 0.15) is 31.4 Å². The number of amides is 1. The second-order valence-electron chi connectivity index (χ2n) is 6.49. The monoisotopic (exact) mass is 344 g/mol. The zero-order valence-corrected chi connectivity index (χ0v) is 13.9. The summed E-state index contributed by atoms with van der Waals surface area (Å²) < 4.78 is 38.6. The maximum atomic E-state index is 12.9. The molecule has 1 amide bonds. The highest BCUT2D eigenvalue weighted by Crippen LogP contribution is 2.32. The van der Waals surface area contributed by atoms with E-state index < -0.39 is 17.3 Å². The average Bonchev–Trinajstić information content (AvgIpc) is 2.72. The van der Waals surface area contributed by atoms with Gasteiger partial charge >= 0.3 is 6.18 Å². The minimum absolute atomic E-state index is 0.0153. The fourth-order valence-corrected chi connectivity index (χ4v) is 3.00. The van der Waals surface area contributed by atoms with Crippen LogP contribution in [0.25, 0.3) is 0 Å². The lowest BCUT2D eigenvalue weighted by molar-refractivity contribution is -0.137. The molecule has 0 radical (unpaired) electrons. The number of hydrogen-bond acceptors (Lipinski definition) is 3. The number of alkyl halides is 3. The fraction of sp³-hybridized carbons (Fsp3) is 0.588. The van der Waals surface area contributed by atoms with Crippen molar-refractivity contribution >= 4 is 5.91 Å². The van der Waals surface area contributed by atoms with Gasteiger partial charge in [-0.15, -0.1) is 0 Å². The summed E-state index contributed by atoms with van der Waals surface area (Å²) in [5.74, 6) is 0.0153. The summed E-state index contributed by atoms with van der Waals surface area (Å²) in [5, 5.41) is 10.7. The molecule has 1 heterocycles. The van der Waals surface area contributed by atoms with E-state index in [1.165, 1.54) is 26.0 Å². The van der Waals surface area contributed by atoms with E-state index in [0.717, 1.165) is 18.6 Å². The highest BCUT2D eigenvalue weighted by molar-refractivity contribution is 5.73. The minimum Gasteiger partial charge on any atom is -0.384 e. The highest BCUT2D eigenvalue weighted by atomic mass is 19.4. The number of carbonyl (C=O) groups is 1. The summed E-state index contributed by atoms with van der Waals surface area (Å²) >= 11 is 0. The van der Waals surface area contributed by atoms with Crippen LogP contribution in [-0.2, 0) is 16.6 Å². The van der Waals surface area contributed by atoms with Crippen molar-refractivity contribution in [3.8, 4) is 0 Å². The van der Waals surface area contributed by atoms with Gasteiger partial charge in [0.25, 0.3) is 0 Å². The summed E-state index contributed by atoms with van der Waals surface area (Å²) in [6.45, 7) is 5.78. The van der Waals surface area contributed by atoms with Crippen LogP contribution in [0, 0.1) is 0 Å². The van der Waals surface area contributed by atoms with Gasteiger partial charge in [-0.2, -0.15) is 13.2 Å². The molecule has 1 fully saturated rings. The fourth-order valence-electron chi connectivity index (χ4n) is 3.00. The molecule has 1 aromatic rings. The van der Waals surface area contributed by atoms with Crippen LogP contribution in [0.2, 0.25) is 0 Å². The van der Waals surface area contributed by atoms with Crippen molar-refractivity contribution < 1.29 is 23.1 Å². The van der Waals surface area contributed by atoms with E-state index in [2.05, 4.69) is 0 Å². The van der Waals surface area contributed by atoms with Gasteiger partial charge in [-0.1, -0.05) is 12.1 Å². The van der Waals surface area contributed by atoms with Gasteiger partial charge in [0.05, 0.1) is 11.2 Å². The van der Waals surface area contributed by atoms with Crippen molar-refractivity contribution in [2.75, 3.05) is 32.7 Å². The third-order valence-corrected chi connectivity index (χ3v) is 4.38. The lowest BCUT2D eigenvalue weighted by Crippen LogP contribution is -2.41. The molecule has 1 aliphatic heterocycles. The molecule has 0 bridgehead atoms. The number of nitrogens with zero attached hydrogens (tertiary/aromatic N) is 2. The molecule has 1 atom stereocenters. The SMILES string of the molecule is CC(=O)N1CCCN(C[C@](C)(O)c2cccc(C(F)(F)F)c2)CC1. The Morgan fingerprint density at radius 1 is 1.17 bits per heavy atom. The van der Waals surface area contributed by atoms with Gasteiger partial charge in [0, 0.05) is 39.6 Å². The maximum Gasteiger partial charge on any atom is 0.416 e. The molecule has 2 rings (SSSR count). The number of aliphatic hydroxyl groups is 1. The van der Waals surface area contributed by atoms with Crippen LogP contribution >= 0.6 is 0 Å². The summed E-state index contributed by atoms with van der Waals surface area (Å²) in [4.78, 5) is 15.2. The second kappa shape index (κ2) is 7.11. The van der Waals surface area contributed by atoms with Crippen LogP contribution in [0.15, 0.2) is 24.3 Å². The first-order valence-corrected chi connectivity index (χ1v) is 7.97. The molecule has 24 heavy (non-hydrogen) atoms. The first-order valence-electron chi connectivity index (χ1n) is 7.97. The number of carbonyl (C=O) groups excluding carboxylic acids is 1. The van der Waals surface area contributed by atoms with E-state index in [0.29, 0.717) is 26.2 Å². The van der Waals surface area contributed by atoms with Gasteiger partial charge in [0.2, 0.25) is 5.91 Å². The molecule has 0 aromatic heterocycles. The third kappa shape index (κ3) is 4.70. The Labute approximate surface area is 139 Å². The molecule has 1 aliphatic rings. The van der Waals surface area contributed by atoms with Crippen LogP contribution in [0.5, 0.6) is 0 Å². The number of benzene rings is 1. The Bertz CT molecular complexity index is 587. The topological polar surface area (TPSA) is 43.8 Å². The Kier molecular flexibility index (Phi) is 5.55. The molecule has 0 unspecified atom stereocenters. The van der Waals surface area contributed by atoms with Gasteiger partial charge in [-0.3, -0.25) is 9.69 Å². The third-order valence-electron chi connectivity index (χ3n) is 4.38. The minimum atomic E-state index is -4.43. The van der Waals surface area contributed by atoms with Crippen molar-refractivity contribution in [2.45, 2.75) is 32.0 Å². The summed E-state index contributed by atoms with van der Waals surface area (Å²) in [6.07, 6.45) is -3.66. The lowest BCUT2D eigenvalue weighted by atomic mass is 9.93. The average molecular weight is 344 g/mol. The zero-order chi connectivity index (χ0) is 18.0. The number of rotatable bonds is 3. The smallest absolute Gasteiger partial charge is 0.384 e. The maximum absolute atomic E-state index is 12.9. The Morgan fingerprint density at radius 2 is 1.83 bits per heavy atom.